The smallest absolute Gasteiger partial charge is 0.0494 e. The molecule has 2 aliphatic rings. The quantitative estimate of drug-likeness (QED) is 0.394. The van der Waals surface area contributed by atoms with Crippen LogP contribution in [0.25, 0.3) is 0 Å². The van der Waals surface area contributed by atoms with Crippen molar-refractivity contribution in [1.82, 2.24) is 0 Å². The standard InChI is InChI=1S/C20H36O/c1-3-5-6-7-17-8-12-19(13-9-17)20-14-10-18(11-15-20)16-21-4-2/h3,17-20H,1,4-16H2,2H3/t17-,18?,19-,20?. The highest BCUT2D eigenvalue weighted by atomic mass is 16.5. The second-order valence-corrected chi connectivity index (χ2v) is 7.44. The normalized spacial score (nSPS) is 33.8. The summed E-state index contributed by atoms with van der Waals surface area (Å²) >= 11 is 0. The third-order valence-electron chi connectivity index (χ3n) is 6.03. The highest BCUT2D eigenvalue weighted by Gasteiger charge is 2.30. The van der Waals surface area contributed by atoms with Gasteiger partial charge in [-0.3, -0.25) is 0 Å². The van der Waals surface area contributed by atoms with Crippen LogP contribution >= 0.6 is 0 Å². The van der Waals surface area contributed by atoms with Crippen LogP contribution in [0.4, 0.5) is 0 Å². The minimum atomic E-state index is 0.858. The fourth-order valence-electron chi connectivity index (χ4n) is 4.61. The summed E-state index contributed by atoms with van der Waals surface area (Å²) in [6.45, 7) is 7.84. The Hall–Kier alpha value is -0.300. The Bertz CT molecular complexity index is 270. The summed E-state index contributed by atoms with van der Waals surface area (Å²) in [4.78, 5) is 0. The number of hydrogen-bond acceptors (Lipinski definition) is 1. The Morgan fingerprint density at radius 1 is 0.905 bits per heavy atom. The summed E-state index contributed by atoms with van der Waals surface area (Å²) in [5.74, 6) is 3.97. The second-order valence-electron chi connectivity index (χ2n) is 7.44. The van der Waals surface area contributed by atoms with Gasteiger partial charge in [-0.15, -0.1) is 6.58 Å². The molecule has 0 aromatic heterocycles. The zero-order valence-electron chi connectivity index (χ0n) is 14.2. The maximum Gasteiger partial charge on any atom is 0.0494 e. The van der Waals surface area contributed by atoms with Crippen LogP contribution in [0.5, 0.6) is 0 Å². The van der Waals surface area contributed by atoms with Crippen LogP contribution in [0.1, 0.15) is 77.6 Å². The summed E-state index contributed by atoms with van der Waals surface area (Å²) in [6.07, 6.45) is 17.9. The van der Waals surface area contributed by atoms with Gasteiger partial charge in [-0.1, -0.05) is 25.3 Å². The summed E-state index contributed by atoms with van der Waals surface area (Å²) in [5.41, 5.74) is 0. The molecule has 1 heteroatoms. The van der Waals surface area contributed by atoms with Crippen molar-refractivity contribution in [1.29, 1.82) is 0 Å². The zero-order chi connectivity index (χ0) is 14.9. The van der Waals surface area contributed by atoms with Crippen LogP contribution in [0.3, 0.4) is 0 Å². The van der Waals surface area contributed by atoms with Crippen LogP contribution in [-0.4, -0.2) is 13.2 Å². The number of allylic oxidation sites excluding steroid dienone is 1. The van der Waals surface area contributed by atoms with Gasteiger partial charge >= 0.3 is 0 Å². The molecule has 21 heavy (non-hydrogen) atoms. The van der Waals surface area contributed by atoms with E-state index in [1.165, 1.54) is 70.6 Å². The summed E-state index contributed by atoms with van der Waals surface area (Å²) in [5, 5.41) is 0. The molecule has 0 amide bonds. The average Bonchev–Trinajstić information content (AvgIpc) is 2.54. The molecule has 0 unspecified atom stereocenters. The molecule has 0 bridgehead atoms. The first-order valence-electron chi connectivity index (χ1n) is 9.52. The molecule has 0 spiro atoms. The van der Waals surface area contributed by atoms with E-state index in [-0.39, 0.29) is 0 Å². The highest BCUT2D eigenvalue weighted by Crippen LogP contribution is 2.42. The van der Waals surface area contributed by atoms with Crippen molar-refractivity contribution in [3.63, 3.8) is 0 Å². The van der Waals surface area contributed by atoms with Gasteiger partial charge in [-0.05, 0) is 82.0 Å². The van der Waals surface area contributed by atoms with Gasteiger partial charge in [-0.25, -0.2) is 0 Å². The molecule has 0 atom stereocenters. The van der Waals surface area contributed by atoms with Crippen LogP contribution in [0, 0.1) is 23.7 Å². The van der Waals surface area contributed by atoms with Gasteiger partial charge in [0.15, 0.2) is 0 Å². The van der Waals surface area contributed by atoms with Crippen molar-refractivity contribution in [3.05, 3.63) is 12.7 Å². The van der Waals surface area contributed by atoms with Gasteiger partial charge in [0.25, 0.3) is 0 Å². The number of hydrogen-bond donors (Lipinski definition) is 0. The summed E-state index contributed by atoms with van der Waals surface area (Å²) in [6, 6.07) is 0. The topological polar surface area (TPSA) is 9.23 Å². The van der Waals surface area contributed by atoms with E-state index in [1.807, 2.05) is 0 Å². The zero-order valence-corrected chi connectivity index (χ0v) is 14.2. The van der Waals surface area contributed by atoms with E-state index < -0.39 is 0 Å². The molecule has 2 rings (SSSR count). The maximum atomic E-state index is 5.61. The van der Waals surface area contributed by atoms with Gasteiger partial charge in [-0.2, -0.15) is 0 Å². The molecule has 0 radical (unpaired) electrons. The van der Waals surface area contributed by atoms with Gasteiger partial charge in [0.05, 0.1) is 0 Å². The lowest BCUT2D eigenvalue weighted by Gasteiger charge is -2.37. The fraction of sp³-hybridized carbons (Fsp3) is 0.900. The average molecular weight is 293 g/mol. The molecule has 0 aliphatic heterocycles. The van der Waals surface area contributed by atoms with Gasteiger partial charge in [0, 0.05) is 13.2 Å². The van der Waals surface area contributed by atoms with Crippen LogP contribution in [0.2, 0.25) is 0 Å². The molecule has 2 saturated carbocycles. The Morgan fingerprint density at radius 3 is 2.00 bits per heavy atom. The molecule has 1 nitrogen and oxygen atoms in total. The number of unbranched alkanes of at least 4 members (excludes halogenated alkanes) is 1. The van der Waals surface area contributed by atoms with Crippen LogP contribution in [0.15, 0.2) is 12.7 Å². The minimum Gasteiger partial charge on any atom is -0.381 e. The Balaban J connectivity index is 1.61. The van der Waals surface area contributed by atoms with E-state index in [9.17, 15) is 0 Å². The van der Waals surface area contributed by atoms with Crippen LogP contribution < -0.4 is 0 Å². The Labute approximate surface area is 132 Å². The van der Waals surface area contributed by atoms with E-state index in [0.29, 0.717) is 0 Å². The van der Waals surface area contributed by atoms with E-state index in [1.54, 1.807) is 0 Å². The van der Waals surface area contributed by atoms with E-state index in [2.05, 4.69) is 19.6 Å². The SMILES string of the molecule is C=CCCC[C@H]1CC[C@H](C2CCC(COCC)CC2)CC1. The first-order valence-corrected chi connectivity index (χ1v) is 9.52. The molecule has 0 heterocycles. The van der Waals surface area contributed by atoms with Crippen molar-refractivity contribution in [2.45, 2.75) is 77.6 Å². The maximum absolute atomic E-state index is 5.61. The molecule has 0 saturated heterocycles. The predicted molar refractivity (Wildman–Crippen MR) is 91.4 cm³/mol. The molecule has 0 aromatic carbocycles. The lowest BCUT2D eigenvalue weighted by atomic mass is 9.69. The third-order valence-corrected chi connectivity index (χ3v) is 6.03. The van der Waals surface area contributed by atoms with Crippen molar-refractivity contribution in [2.75, 3.05) is 13.2 Å². The second kappa shape index (κ2) is 9.66. The molecule has 2 aliphatic carbocycles. The largest absolute Gasteiger partial charge is 0.381 e. The third kappa shape index (κ3) is 5.77. The lowest BCUT2D eigenvalue weighted by Crippen LogP contribution is -2.27. The van der Waals surface area contributed by atoms with Gasteiger partial charge in [0.2, 0.25) is 0 Å². The summed E-state index contributed by atoms with van der Waals surface area (Å²) in [7, 11) is 0. The monoisotopic (exact) mass is 292 g/mol. The van der Waals surface area contributed by atoms with E-state index in [0.717, 1.165) is 36.9 Å². The highest BCUT2D eigenvalue weighted by molar-refractivity contribution is 4.82. The van der Waals surface area contributed by atoms with Gasteiger partial charge < -0.3 is 4.74 Å². The minimum absolute atomic E-state index is 0.858. The molecule has 2 fully saturated rings. The van der Waals surface area contributed by atoms with E-state index >= 15 is 0 Å². The van der Waals surface area contributed by atoms with Crippen LogP contribution in [-0.2, 0) is 4.74 Å². The number of rotatable bonds is 8. The van der Waals surface area contributed by atoms with Crippen molar-refractivity contribution < 1.29 is 4.74 Å². The lowest BCUT2D eigenvalue weighted by molar-refractivity contribution is 0.0710. The van der Waals surface area contributed by atoms with E-state index in [4.69, 9.17) is 4.74 Å². The summed E-state index contributed by atoms with van der Waals surface area (Å²) < 4.78 is 5.61. The first-order chi connectivity index (χ1) is 10.3. The molecular weight excluding hydrogens is 256 g/mol. The van der Waals surface area contributed by atoms with Crippen molar-refractivity contribution in [2.24, 2.45) is 23.7 Å². The van der Waals surface area contributed by atoms with Crippen molar-refractivity contribution in [3.8, 4) is 0 Å². The molecular formula is C20H36O. The predicted octanol–water partition coefficient (Wildman–Crippen LogP) is 5.99. The Kier molecular flexibility index (Phi) is 7.85. The molecule has 0 aromatic rings. The fourth-order valence-corrected chi connectivity index (χ4v) is 4.61. The number of ether oxygens (including phenoxy) is 1. The van der Waals surface area contributed by atoms with Crippen molar-refractivity contribution >= 4 is 0 Å². The Morgan fingerprint density at radius 2 is 1.48 bits per heavy atom. The van der Waals surface area contributed by atoms with Gasteiger partial charge in [0.1, 0.15) is 0 Å². The molecule has 122 valence electrons. The first kappa shape index (κ1) is 17.1. The molecule has 0 N–H and O–H groups in total.